The van der Waals surface area contributed by atoms with Gasteiger partial charge in [-0.1, -0.05) is 34.1 Å². The first kappa shape index (κ1) is 12.6. The topological polar surface area (TPSA) is 52.3 Å². The normalized spacial score (nSPS) is 10.1. The number of halogens is 1. The summed E-state index contributed by atoms with van der Waals surface area (Å²) in [6, 6.07) is 14.7. The second-order valence-electron chi connectivity index (χ2n) is 3.81. The largest absolute Gasteiger partial charge is 0.489 e. The highest BCUT2D eigenvalue weighted by atomic mass is 79.9. The zero-order valence-electron chi connectivity index (χ0n) is 9.60. The SMILES string of the molecule is NC(=O)c1cccc(COc2cccc(Br)c2)c1. The molecule has 18 heavy (non-hydrogen) atoms. The molecule has 0 atom stereocenters. The van der Waals surface area contributed by atoms with Gasteiger partial charge in [-0.15, -0.1) is 0 Å². The van der Waals surface area contributed by atoms with Crippen molar-refractivity contribution in [3.63, 3.8) is 0 Å². The third-order valence-corrected chi connectivity index (χ3v) is 2.91. The summed E-state index contributed by atoms with van der Waals surface area (Å²) in [7, 11) is 0. The number of carbonyl (C=O) groups is 1. The summed E-state index contributed by atoms with van der Waals surface area (Å²) in [5.41, 5.74) is 6.62. The predicted molar refractivity (Wildman–Crippen MR) is 73.4 cm³/mol. The van der Waals surface area contributed by atoms with Gasteiger partial charge in [-0.3, -0.25) is 4.79 Å². The van der Waals surface area contributed by atoms with Gasteiger partial charge >= 0.3 is 0 Å². The van der Waals surface area contributed by atoms with E-state index < -0.39 is 5.91 Å². The lowest BCUT2D eigenvalue weighted by atomic mass is 10.1. The minimum absolute atomic E-state index is 0.400. The zero-order valence-corrected chi connectivity index (χ0v) is 11.2. The standard InChI is InChI=1S/C14H12BrNO2/c15-12-5-2-6-13(8-12)18-9-10-3-1-4-11(7-10)14(16)17/h1-8H,9H2,(H2,16,17). The fraction of sp³-hybridized carbons (Fsp3) is 0.0714. The molecule has 0 heterocycles. The Hall–Kier alpha value is -1.81. The number of primary amides is 1. The highest BCUT2D eigenvalue weighted by Crippen LogP contribution is 2.19. The van der Waals surface area contributed by atoms with Crippen molar-refractivity contribution in [2.45, 2.75) is 6.61 Å². The molecule has 92 valence electrons. The molecule has 3 nitrogen and oxygen atoms in total. The molecule has 0 radical (unpaired) electrons. The van der Waals surface area contributed by atoms with Gasteiger partial charge in [0.15, 0.2) is 0 Å². The third-order valence-electron chi connectivity index (χ3n) is 2.41. The van der Waals surface area contributed by atoms with Crippen molar-refractivity contribution < 1.29 is 9.53 Å². The number of hydrogen-bond acceptors (Lipinski definition) is 2. The average Bonchev–Trinajstić information content (AvgIpc) is 2.37. The summed E-state index contributed by atoms with van der Waals surface area (Å²) >= 11 is 3.38. The minimum atomic E-state index is -0.431. The maximum atomic E-state index is 11.0. The Morgan fingerprint density at radius 3 is 2.67 bits per heavy atom. The second-order valence-corrected chi connectivity index (χ2v) is 4.73. The summed E-state index contributed by atoms with van der Waals surface area (Å²) < 4.78 is 6.59. The van der Waals surface area contributed by atoms with Crippen LogP contribution in [0.4, 0.5) is 0 Å². The van der Waals surface area contributed by atoms with Gasteiger partial charge in [0.1, 0.15) is 12.4 Å². The maximum Gasteiger partial charge on any atom is 0.248 e. The molecule has 0 bridgehead atoms. The Labute approximate surface area is 114 Å². The number of amides is 1. The lowest BCUT2D eigenvalue weighted by Gasteiger charge is -2.07. The van der Waals surface area contributed by atoms with Crippen molar-refractivity contribution in [2.75, 3.05) is 0 Å². The molecule has 0 aromatic heterocycles. The first-order valence-electron chi connectivity index (χ1n) is 5.42. The third kappa shape index (κ3) is 3.34. The van der Waals surface area contributed by atoms with E-state index in [0.717, 1.165) is 15.8 Å². The van der Waals surface area contributed by atoms with E-state index in [2.05, 4.69) is 15.9 Å². The van der Waals surface area contributed by atoms with Crippen LogP contribution in [0.3, 0.4) is 0 Å². The van der Waals surface area contributed by atoms with Gasteiger partial charge in [0, 0.05) is 10.0 Å². The molecule has 2 aromatic carbocycles. The van der Waals surface area contributed by atoms with Crippen LogP contribution in [0.25, 0.3) is 0 Å². The molecule has 1 amide bonds. The fourth-order valence-electron chi connectivity index (χ4n) is 1.54. The molecule has 0 fully saturated rings. The van der Waals surface area contributed by atoms with E-state index >= 15 is 0 Å². The predicted octanol–water partition coefficient (Wildman–Crippen LogP) is 3.13. The van der Waals surface area contributed by atoms with Crippen LogP contribution in [0.1, 0.15) is 15.9 Å². The Bertz CT molecular complexity index is 569. The lowest BCUT2D eigenvalue weighted by Crippen LogP contribution is -2.11. The Morgan fingerprint density at radius 1 is 1.17 bits per heavy atom. The van der Waals surface area contributed by atoms with Gasteiger partial charge in [0.2, 0.25) is 5.91 Å². The zero-order chi connectivity index (χ0) is 13.0. The molecule has 4 heteroatoms. The van der Waals surface area contributed by atoms with Crippen LogP contribution in [0.15, 0.2) is 53.0 Å². The van der Waals surface area contributed by atoms with Crippen LogP contribution < -0.4 is 10.5 Å². The maximum absolute atomic E-state index is 11.0. The number of rotatable bonds is 4. The molecule has 0 saturated carbocycles. The van der Waals surface area contributed by atoms with Crippen LogP contribution in [-0.2, 0) is 6.61 Å². The summed E-state index contributed by atoms with van der Waals surface area (Å²) in [4.78, 5) is 11.0. The van der Waals surface area contributed by atoms with E-state index in [1.165, 1.54) is 0 Å². The van der Waals surface area contributed by atoms with Gasteiger partial charge in [0.05, 0.1) is 0 Å². The van der Waals surface area contributed by atoms with Crippen molar-refractivity contribution in [1.82, 2.24) is 0 Å². The molecule has 0 spiro atoms. The van der Waals surface area contributed by atoms with E-state index in [1.807, 2.05) is 30.3 Å². The molecule has 0 aliphatic heterocycles. The molecule has 0 unspecified atom stereocenters. The number of nitrogens with two attached hydrogens (primary N) is 1. The number of carbonyl (C=O) groups excluding carboxylic acids is 1. The molecule has 0 aliphatic carbocycles. The van der Waals surface area contributed by atoms with Crippen LogP contribution >= 0.6 is 15.9 Å². The van der Waals surface area contributed by atoms with Crippen LogP contribution in [0, 0.1) is 0 Å². The van der Waals surface area contributed by atoms with E-state index in [-0.39, 0.29) is 0 Å². The highest BCUT2D eigenvalue weighted by molar-refractivity contribution is 9.10. The number of benzene rings is 2. The average molecular weight is 306 g/mol. The first-order valence-corrected chi connectivity index (χ1v) is 6.21. The summed E-state index contributed by atoms with van der Waals surface area (Å²) in [6.45, 7) is 0.400. The second kappa shape index (κ2) is 5.69. The van der Waals surface area contributed by atoms with Crippen LogP contribution in [-0.4, -0.2) is 5.91 Å². The molecule has 2 rings (SSSR count). The molecule has 2 N–H and O–H groups in total. The molecule has 0 saturated heterocycles. The quantitative estimate of drug-likeness (QED) is 0.943. The molecular weight excluding hydrogens is 294 g/mol. The van der Waals surface area contributed by atoms with Crippen molar-refractivity contribution in [3.05, 3.63) is 64.1 Å². The van der Waals surface area contributed by atoms with E-state index in [1.54, 1.807) is 18.2 Å². The van der Waals surface area contributed by atoms with Crippen molar-refractivity contribution >= 4 is 21.8 Å². The number of ether oxygens (including phenoxy) is 1. The number of hydrogen-bond donors (Lipinski definition) is 1. The highest BCUT2D eigenvalue weighted by Gasteiger charge is 2.02. The summed E-state index contributed by atoms with van der Waals surface area (Å²) in [5.74, 6) is 0.341. The Morgan fingerprint density at radius 2 is 1.94 bits per heavy atom. The summed E-state index contributed by atoms with van der Waals surface area (Å²) in [5, 5.41) is 0. The molecule has 2 aromatic rings. The lowest BCUT2D eigenvalue weighted by molar-refractivity contribution is 0.1000. The van der Waals surface area contributed by atoms with Gasteiger partial charge in [0.25, 0.3) is 0 Å². The Kier molecular flexibility index (Phi) is 3.99. The van der Waals surface area contributed by atoms with Gasteiger partial charge in [-0.05, 0) is 35.9 Å². The van der Waals surface area contributed by atoms with Crippen molar-refractivity contribution in [1.29, 1.82) is 0 Å². The van der Waals surface area contributed by atoms with Crippen molar-refractivity contribution in [2.24, 2.45) is 5.73 Å². The van der Waals surface area contributed by atoms with Gasteiger partial charge in [-0.2, -0.15) is 0 Å². The van der Waals surface area contributed by atoms with Crippen LogP contribution in [0.5, 0.6) is 5.75 Å². The molecule has 0 aliphatic rings. The van der Waals surface area contributed by atoms with E-state index in [0.29, 0.717) is 12.2 Å². The van der Waals surface area contributed by atoms with Crippen molar-refractivity contribution in [3.8, 4) is 5.75 Å². The summed E-state index contributed by atoms with van der Waals surface area (Å²) in [6.07, 6.45) is 0. The smallest absolute Gasteiger partial charge is 0.248 e. The monoisotopic (exact) mass is 305 g/mol. The van der Waals surface area contributed by atoms with Crippen LogP contribution in [0.2, 0.25) is 0 Å². The van der Waals surface area contributed by atoms with E-state index in [4.69, 9.17) is 10.5 Å². The minimum Gasteiger partial charge on any atom is -0.489 e. The molecular formula is C14H12BrNO2. The fourth-order valence-corrected chi connectivity index (χ4v) is 1.92. The Balaban J connectivity index is 2.06. The van der Waals surface area contributed by atoms with Gasteiger partial charge < -0.3 is 10.5 Å². The van der Waals surface area contributed by atoms with Gasteiger partial charge in [-0.25, -0.2) is 0 Å². The first-order chi connectivity index (χ1) is 8.65. The van der Waals surface area contributed by atoms with E-state index in [9.17, 15) is 4.79 Å².